The lowest BCUT2D eigenvalue weighted by atomic mass is 10.3. The van der Waals surface area contributed by atoms with Crippen LogP contribution in [0.25, 0.3) is 0 Å². The Morgan fingerprint density at radius 1 is 1.40 bits per heavy atom. The van der Waals surface area contributed by atoms with Gasteiger partial charge in [0.25, 0.3) is 10.2 Å². The molecule has 0 aromatic carbocycles. The number of nitrogens with one attached hydrogen (secondary N) is 2. The average Bonchev–Trinajstić information content (AvgIpc) is 2.87. The highest BCUT2D eigenvalue weighted by Crippen LogP contribution is 1.97. The Bertz CT molecular complexity index is 460. The maximum Gasteiger partial charge on any atom is 0.279 e. The van der Waals surface area contributed by atoms with Gasteiger partial charge in [0.15, 0.2) is 6.33 Å². The molecule has 0 spiro atoms. The summed E-state index contributed by atoms with van der Waals surface area (Å²) in [5.41, 5.74) is 0. The van der Waals surface area contributed by atoms with E-state index in [9.17, 15) is 8.42 Å². The minimum Gasteiger partial charge on any atom is -0.340 e. The summed E-state index contributed by atoms with van der Waals surface area (Å²) in [7, 11) is -1.89. The van der Waals surface area contributed by atoms with Gasteiger partial charge in [-0.2, -0.15) is 17.7 Å². The second-order valence-electron chi connectivity index (χ2n) is 4.77. The Morgan fingerprint density at radius 2 is 2.15 bits per heavy atom. The van der Waals surface area contributed by atoms with Crippen molar-refractivity contribution in [2.24, 2.45) is 0 Å². The summed E-state index contributed by atoms with van der Waals surface area (Å²) in [5, 5.41) is 6.70. The van der Waals surface area contributed by atoms with Gasteiger partial charge in [0, 0.05) is 32.6 Å². The highest BCUT2D eigenvalue weighted by molar-refractivity contribution is 7.87. The third-order valence-electron chi connectivity index (χ3n) is 2.64. The molecule has 0 aliphatic carbocycles. The molecule has 20 heavy (non-hydrogen) atoms. The van der Waals surface area contributed by atoms with Gasteiger partial charge in [-0.1, -0.05) is 19.0 Å². The molecule has 1 rings (SSSR count). The molecule has 9 heteroatoms. The zero-order valence-corrected chi connectivity index (χ0v) is 13.0. The summed E-state index contributed by atoms with van der Waals surface area (Å²) >= 11 is 0. The highest BCUT2D eigenvalue weighted by atomic mass is 32.2. The van der Waals surface area contributed by atoms with Crippen LogP contribution in [0.5, 0.6) is 0 Å². The minimum absolute atomic E-state index is 0.235. The van der Waals surface area contributed by atoms with Crippen molar-refractivity contribution in [1.29, 1.82) is 0 Å². The average molecular weight is 305 g/mol. The van der Waals surface area contributed by atoms with Crippen molar-refractivity contribution < 1.29 is 12.9 Å². The van der Waals surface area contributed by atoms with E-state index in [0.29, 0.717) is 24.9 Å². The van der Waals surface area contributed by atoms with Crippen LogP contribution in [0.3, 0.4) is 0 Å². The first kappa shape index (κ1) is 17.0. The Hall–Kier alpha value is -1.03. The zero-order chi connectivity index (χ0) is 15.0. The summed E-state index contributed by atoms with van der Waals surface area (Å²) in [6.45, 7) is 5.60. The number of nitrogens with zero attached hydrogens (tertiary/aromatic N) is 3. The van der Waals surface area contributed by atoms with Gasteiger partial charge in [0.2, 0.25) is 5.89 Å². The summed E-state index contributed by atoms with van der Waals surface area (Å²) in [6.07, 6.45) is 2.43. The van der Waals surface area contributed by atoms with Crippen molar-refractivity contribution in [3.63, 3.8) is 0 Å². The first-order valence-electron chi connectivity index (χ1n) is 6.61. The third-order valence-corrected chi connectivity index (χ3v) is 4.22. The van der Waals surface area contributed by atoms with Gasteiger partial charge in [-0.3, -0.25) is 0 Å². The van der Waals surface area contributed by atoms with E-state index in [1.165, 1.54) is 10.6 Å². The SMILES string of the molecule is CC(C)NCCCN(C)S(=O)(=O)NCCc1ncno1. The topological polar surface area (TPSA) is 100 Å². The lowest BCUT2D eigenvalue weighted by Crippen LogP contribution is -2.40. The van der Waals surface area contributed by atoms with E-state index in [4.69, 9.17) is 4.52 Å². The molecular formula is C11H23N5O3S. The summed E-state index contributed by atoms with van der Waals surface area (Å²) in [6, 6.07) is 0.407. The van der Waals surface area contributed by atoms with Crippen LogP contribution in [0, 0.1) is 0 Å². The Kier molecular flexibility index (Phi) is 7.06. The summed E-state index contributed by atoms with van der Waals surface area (Å²) < 4.78 is 32.4. The maximum atomic E-state index is 11.9. The minimum atomic E-state index is -3.45. The quantitative estimate of drug-likeness (QED) is 0.579. The number of aromatic nitrogens is 2. The van der Waals surface area contributed by atoms with Gasteiger partial charge >= 0.3 is 0 Å². The third kappa shape index (κ3) is 6.42. The zero-order valence-electron chi connectivity index (χ0n) is 12.2. The van der Waals surface area contributed by atoms with E-state index in [1.54, 1.807) is 7.05 Å². The van der Waals surface area contributed by atoms with Crippen LogP contribution in [0.2, 0.25) is 0 Å². The molecule has 8 nitrogen and oxygen atoms in total. The molecule has 1 heterocycles. The lowest BCUT2D eigenvalue weighted by molar-refractivity contribution is 0.376. The van der Waals surface area contributed by atoms with Crippen LogP contribution >= 0.6 is 0 Å². The van der Waals surface area contributed by atoms with E-state index in [1.807, 2.05) is 0 Å². The molecule has 2 N–H and O–H groups in total. The van der Waals surface area contributed by atoms with Gasteiger partial charge in [0.1, 0.15) is 0 Å². The molecule has 0 saturated heterocycles. The van der Waals surface area contributed by atoms with E-state index in [2.05, 4.69) is 34.0 Å². The Labute approximate surface area is 120 Å². The predicted molar refractivity (Wildman–Crippen MR) is 75.3 cm³/mol. The van der Waals surface area contributed by atoms with Crippen LogP contribution < -0.4 is 10.0 Å². The summed E-state index contributed by atoms with van der Waals surface area (Å²) in [5.74, 6) is 0.413. The maximum absolute atomic E-state index is 11.9. The molecule has 0 aliphatic heterocycles. The predicted octanol–water partition coefficient (Wildman–Crippen LogP) is -0.234. The molecule has 1 aromatic heterocycles. The van der Waals surface area contributed by atoms with E-state index >= 15 is 0 Å². The van der Waals surface area contributed by atoms with Crippen molar-refractivity contribution >= 4 is 10.2 Å². The molecule has 0 bridgehead atoms. The van der Waals surface area contributed by atoms with Crippen molar-refractivity contribution in [2.75, 3.05) is 26.7 Å². The molecule has 0 radical (unpaired) electrons. The van der Waals surface area contributed by atoms with Gasteiger partial charge < -0.3 is 9.84 Å². The molecule has 0 unspecified atom stereocenters. The Balaban J connectivity index is 2.24. The van der Waals surface area contributed by atoms with Gasteiger partial charge in [-0.25, -0.2) is 4.72 Å². The van der Waals surface area contributed by atoms with Crippen molar-refractivity contribution in [3.05, 3.63) is 12.2 Å². The Morgan fingerprint density at radius 3 is 2.75 bits per heavy atom. The van der Waals surface area contributed by atoms with Gasteiger partial charge in [-0.05, 0) is 13.0 Å². The number of rotatable bonds is 10. The fourth-order valence-electron chi connectivity index (χ4n) is 1.52. The number of hydrogen-bond acceptors (Lipinski definition) is 6. The number of hydrogen-bond donors (Lipinski definition) is 2. The monoisotopic (exact) mass is 305 g/mol. The second kappa shape index (κ2) is 8.30. The lowest BCUT2D eigenvalue weighted by Gasteiger charge is -2.17. The van der Waals surface area contributed by atoms with Gasteiger partial charge in [0.05, 0.1) is 0 Å². The molecule has 0 atom stereocenters. The first-order chi connectivity index (χ1) is 9.42. The van der Waals surface area contributed by atoms with Crippen molar-refractivity contribution in [3.8, 4) is 0 Å². The van der Waals surface area contributed by atoms with Crippen molar-refractivity contribution in [2.45, 2.75) is 32.7 Å². The van der Waals surface area contributed by atoms with Gasteiger partial charge in [-0.15, -0.1) is 0 Å². The molecule has 0 aliphatic rings. The van der Waals surface area contributed by atoms with Crippen molar-refractivity contribution in [1.82, 2.24) is 24.5 Å². The molecule has 0 saturated carbocycles. The fraction of sp³-hybridized carbons (Fsp3) is 0.818. The highest BCUT2D eigenvalue weighted by Gasteiger charge is 2.16. The first-order valence-corrected chi connectivity index (χ1v) is 8.05. The normalized spacial score (nSPS) is 12.4. The van der Waals surface area contributed by atoms with E-state index in [0.717, 1.165) is 13.0 Å². The molecule has 116 valence electrons. The summed E-state index contributed by atoms with van der Waals surface area (Å²) in [4.78, 5) is 3.82. The van der Waals surface area contributed by atoms with E-state index in [-0.39, 0.29) is 6.54 Å². The van der Waals surface area contributed by atoms with Crippen LogP contribution in [-0.4, -0.2) is 55.6 Å². The smallest absolute Gasteiger partial charge is 0.279 e. The second-order valence-corrected chi connectivity index (χ2v) is 6.63. The van der Waals surface area contributed by atoms with E-state index < -0.39 is 10.2 Å². The van der Waals surface area contributed by atoms with Crippen LogP contribution in [0.1, 0.15) is 26.2 Å². The molecular weight excluding hydrogens is 282 g/mol. The standard InChI is InChI=1S/C11H23N5O3S/c1-10(2)12-6-4-8-16(3)20(17,18)15-7-5-11-13-9-14-19-11/h9-10,12,15H,4-8H2,1-3H3. The fourth-order valence-corrected chi connectivity index (χ4v) is 2.47. The molecule has 0 fully saturated rings. The van der Waals surface area contributed by atoms with Crippen LogP contribution in [0.4, 0.5) is 0 Å². The molecule has 0 amide bonds. The van der Waals surface area contributed by atoms with Crippen LogP contribution in [-0.2, 0) is 16.6 Å². The molecule has 1 aromatic rings. The largest absolute Gasteiger partial charge is 0.340 e. The van der Waals surface area contributed by atoms with Crippen LogP contribution in [0.15, 0.2) is 10.9 Å².